The van der Waals surface area contributed by atoms with Gasteiger partial charge in [0.05, 0.1) is 5.69 Å². The molecule has 0 aliphatic rings. The van der Waals surface area contributed by atoms with Crippen LogP contribution >= 0.6 is 11.6 Å². The second kappa shape index (κ2) is 5.50. The number of halogens is 4. The molecule has 1 heterocycles. The molecule has 0 saturated heterocycles. The molecule has 0 N–H and O–H groups in total. The number of ether oxygens (including phenoxy) is 1. The number of alkyl halides is 3. The van der Waals surface area contributed by atoms with Crippen molar-refractivity contribution < 1.29 is 22.7 Å². The van der Waals surface area contributed by atoms with Crippen LogP contribution in [0.2, 0.25) is 5.15 Å². The number of benzene rings is 1. The molecule has 2 rings (SSSR count). The molecular formula is C13H7ClF3NO2. The molecule has 0 fully saturated rings. The normalized spacial score (nSPS) is 11.2. The van der Waals surface area contributed by atoms with E-state index in [0.717, 1.165) is 12.1 Å². The van der Waals surface area contributed by atoms with Gasteiger partial charge >= 0.3 is 6.36 Å². The van der Waals surface area contributed by atoms with Crippen molar-refractivity contribution >= 4 is 17.9 Å². The molecule has 0 atom stereocenters. The van der Waals surface area contributed by atoms with Crippen LogP contribution in [0.3, 0.4) is 0 Å². The lowest BCUT2D eigenvalue weighted by Crippen LogP contribution is -2.16. The smallest absolute Gasteiger partial charge is 0.406 e. The minimum absolute atomic E-state index is 0.182. The highest BCUT2D eigenvalue weighted by Gasteiger charge is 2.31. The number of nitrogens with zero attached hydrogens (tertiary/aromatic N) is 1. The van der Waals surface area contributed by atoms with Crippen LogP contribution in [0.4, 0.5) is 13.2 Å². The molecule has 7 heteroatoms. The van der Waals surface area contributed by atoms with Gasteiger partial charge in [0.2, 0.25) is 0 Å². The molecule has 1 aromatic heterocycles. The van der Waals surface area contributed by atoms with E-state index in [1.165, 1.54) is 24.3 Å². The summed E-state index contributed by atoms with van der Waals surface area (Å²) in [5.41, 5.74) is 1.05. The average Bonchev–Trinajstić information content (AvgIpc) is 2.38. The van der Waals surface area contributed by atoms with Crippen LogP contribution in [0.5, 0.6) is 5.75 Å². The Morgan fingerprint density at radius 1 is 1.10 bits per heavy atom. The number of hydrogen-bond acceptors (Lipinski definition) is 3. The Bertz CT molecular complexity index is 627. The number of rotatable bonds is 3. The Morgan fingerprint density at radius 3 is 2.30 bits per heavy atom. The van der Waals surface area contributed by atoms with Gasteiger partial charge in [0, 0.05) is 11.1 Å². The average molecular weight is 302 g/mol. The van der Waals surface area contributed by atoms with Gasteiger partial charge in [0.25, 0.3) is 0 Å². The number of carbonyl (C=O) groups excluding carboxylic acids is 1. The summed E-state index contributed by atoms with van der Waals surface area (Å²) in [6, 6.07) is 7.95. The van der Waals surface area contributed by atoms with Gasteiger partial charge in [0.15, 0.2) is 6.29 Å². The number of aromatic nitrogens is 1. The van der Waals surface area contributed by atoms with Gasteiger partial charge in [-0.05, 0) is 36.4 Å². The van der Waals surface area contributed by atoms with E-state index in [1.807, 2.05) is 0 Å². The van der Waals surface area contributed by atoms with Crippen molar-refractivity contribution in [2.24, 2.45) is 0 Å². The highest BCUT2D eigenvalue weighted by Crippen LogP contribution is 2.27. The van der Waals surface area contributed by atoms with Crippen molar-refractivity contribution in [1.82, 2.24) is 4.98 Å². The fourth-order valence-electron chi connectivity index (χ4n) is 1.59. The first-order valence-corrected chi connectivity index (χ1v) is 5.75. The first kappa shape index (κ1) is 14.3. The van der Waals surface area contributed by atoms with E-state index in [9.17, 15) is 18.0 Å². The molecule has 0 saturated carbocycles. The van der Waals surface area contributed by atoms with Crippen molar-refractivity contribution in [3.8, 4) is 17.0 Å². The summed E-state index contributed by atoms with van der Waals surface area (Å²) >= 11 is 5.74. The number of aldehydes is 1. The minimum Gasteiger partial charge on any atom is -0.406 e. The van der Waals surface area contributed by atoms with Gasteiger partial charge in [-0.3, -0.25) is 4.79 Å². The van der Waals surface area contributed by atoms with Crippen LogP contribution in [-0.4, -0.2) is 17.6 Å². The maximum absolute atomic E-state index is 12.0. The molecular weight excluding hydrogens is 295 g/mol. The first-order chi connectivity index (χ1) is 9.39. The predicted octanol–water partition coefficient (Wildman–Crippen LogP) is 4.11. The molecule has 2 aromatic rings. The van der Waals surface area contributed by atoms with Gasteiger partial charge in [0.1, 0.15) is 10.9 Å². The number of carbonyl (C=O) groups is 1. The Labute approximate surface area is 117 Å². The van der Waals surface area contributed by atoms with Crippen LogP contribution in [0.1, 0.15) is 10.4 Å². The molecule has 0 unspecified atom stereocenters. The maximum atomic E-state index is 12.0. The van der Waals surface area contributed by atoms with E-state index in [-0.39, 0.29) is 10.9 Å². The van der Waals surface area contributed by atoms with Crippen LogP contribution in [0.15, 0.2) is 36.4 Å². The summed E-state index contributed by atoms with van der Waals surface area (Å²) in [5, 5.41) is 0.182. The molecule has 0 aliphatic carbocycles. The van der Waals surface area contributed by atoms with Gasteiger partial charge < -0.3 is 4.74 Å². The lowest BCUT2D eigenvalue weighted by atomic mass is 10.1. The third kappa shape index (κ3) is 3.48. The van der Waals surface area contributed by atoms with Crippen LogP contribution < -0.4 is 4.74 Å². The zero-order chi connectivity index (χ0) is 14.8. The van der Waals surface area contributed by atoms with E-state index in [0.29, 0.717) is 23.1 Å². The molecule has 3 nitrogen and oxygen atoms in total. The molecule has 0 bridgehead atoms. The summed E-state index contributed by atoms with van der Waals surface area (Å²) in [4.78, 5) is 14.9. The zero-order valence-electron chi connectivity index (χ0n) is 9.82. The molecule has 0 aliphatic heterocycles. The Morgan fingerprint density at radius 2 is 1.75 bits per heavy atom. The molecule has 104 valence electrons. The fourth-order valence-corrected chi connectivity index (χ4v) is 1.73. The summed E-state index contributed by atoms with van der Waals surface area (Å²) in [5.74, 6) is -0.351. The number of hydrogen-bond donors (Lipinski definition) is 0. The van der Waals surface area contributed by atoms with E-state index in [1.54, 1.807) is 0 Å². The molecule has 20 heavy (non-hydrogen) atoms. The summed E-state index contributed by atoms with van der Waals surface area (Å²) in [7, 11) is 0. The molecule has 0 spiro atoms. The van der Waals surface area contributed by atoms with E-state index in [2.05, 4.69) is 9.72 Å². The van der Waals surface area contributed by atoms with Gasteiger partial charge in [-0.2, -0.15) is 0 Å². The van der Waals surface area contributed by atoms with Crippen LogP contribution in [0, 0.1) is 0 Å². The van der Waals surface area contributed by atoms with Gasteiger partial charge in [-0.15, -0.1) is 13.2 Å². The largest absolute Gasteiger partial charge is 0.573 e. The zero-order valence-corrected chi connectivity index (χ0v) is 10.6. The number of pyridine rings is 1. The molecule has 1 aromatic carbocycles. The molecule has 0 amide bonds. The first-order valence-electron chi connectivity index (χ1n) is 5.37. The Balaban J connectivity index is 2.35. The Kier molecular flexibility index (Phi) is 3.94. The topological polar surface area (TPSA) is 39.2 Å². The van der Waals surface area contributed by atoms with Crippen molar-refractivity contribution in [2.45, 2.75) is 6.36 Å². The second-order valence-electron chi connectivity index (χ2n) is 3.76. The van der Waals surface area contributed by atoms with E-state index in [4.69, 9.17) is 11.6 Å². The van der Waals surface area contributed by atoms with Gasteiger partial charge in [-0.25, -0.2) is 4.98 Å². The third-order valence-corrected chi connectivity index (χ3v) is 2.59. The van der Waals surface area contributed by atoms with Gasteiger partial charge in [-0.1, -0.05) is 11.6 Å². The fraction of sp³-hybridized carbons (Fsp3) is 0.0769. The van der Waals surface area contributed by atoms with E-state index < -0.39 is 6.36 Å². The maximum Gasteiger partial charge on any atom is 0.573 e. The summed E-state index contributed by atoms with van der Waals surface area (Å²) in [6.07, 6.45) is -4.15. The molecule has 0 radical (unpaired) electrons. The second-order valence-corrected chi connectivity index (χ2v) is 4.15. The van der Waals surface area contributed by atoms with Crippen LogP contribution in [-0.2, 0) is 0 Å². The van der Waals surface area contributed by atoms with Crippen molar-refractivity contribution in [1.29, 1.82) is 0 Å². The lowest BCUT2D eigenvalue weighted by molar-refractivity contribution is -0.274. The lowest BCUT2D eigenvalue weighted by Gasteiger charge is -2.09. The minimum atomic E-state index is -4.75. The van der Waals surface area contributed by atoms with Crippen molar-refractivity contribution in [2.75, 3.05) is 0 Å². The van der Waals surface area contributed by atoms with Crippen molar-refractivity contribution in [3.05, 3.63) is 47.1 Å². The quantitative estimate of drug-likeness (QED) is 0.632. The van der Waals surface area contributed by atoms with Crippen LogP contribution in [0.25, 0.3) is 11.3 Å². The highest BCUT2D eigenvalue weighted by molar-refractivity contribution is 6.29. The van der Waals surface area contributed by atoms with E-state index >= 15 is 0 Å². The Hall–Kier alpha value is -2.08. The monoisotopic (exact) mass is 301 g/mol. The summed E-state index contributed by atoms with van der Waals surface area (Å²) < 4.78 is 39.9. The SMILES string of the molecule is O=Cc1ccc(Cl)nc1-c1ccc(OC(F)(F)F)cc1. The summed E-state index contributed by atoms with van der Waals surface area (Å²) in [6.45, 7) is 0. The predicted molar refractivity (Wildman–Crippen MR) is 66.8 cm³/mol. The standard InChI is InChI=1S/C13H7ClF3NO2/c14-11-6-3-9(7-19)12(18-11)8-1-4-10(5-2-8)20-13(15,16)17/h1-7H. The van der Waals surface area contributed by atoms with Crippen molar-refractivity contribution in [3.63, 3.8) is 0 Å². The third-order valence-electron chi connectivity index (χ3n) is 2.38. The highest BCUT2D eigenvalue weighted by atomic mass is 35.5.